The van der Waals surface area contributed by atoms with Gasteiger partial charge in [0, 0.05) is 18.7 Å². The zero-order valence-corrected chi connectivity index (χ0v) is 11.6. The summed E-state index contributed by atoms with van der Waals surface area (Å²) in [6.07, 6.45) is 1.45. The summed E-state index contributed by atoms with van der Waals surface area (Å²) in [5.41, 5.74) is 1.38. The molecular weight excluding hydrogens is 274 g/mol. The number of halogens is 1. The Bertz CT molecular complexity index is 582. The third-order valence-corrected chi connectivity index (χ3v) is 3.77. The van der Waals surface area contributed by atoms with Crippen molar-refractivity contribution in [2.75, 3.05) is 13.7 Å². The molecule has 0 atom stereocenters. The van der Waals surface area contributed by atoms with Gasteiger partial charge < -0.3 is 9.47 Å². The number of hydrogen-bond donors (Lipinski definition) is 0. The van der Waals surface area contributed by atoms with Crippen LogP contribution in [0.5, 0.6) is 0 Å². The minimum Gasteiger partial charge on any atom is -0.462 e. The fourth-order valence-electron chi connectivity index (χ4n) is 1.68. The molecule has 0 saturated heterocycles. The SMILES string of the molecule is CCOC(=O)c1cnc(Cl)c2c(COC)csc12. The second-order valence-corrected chi connectivity index (χ2v) is 4.82. The minimum atomic E-state index is -0.377. The molecule has 0 fully saturated rings. The van der Waals surface area contributed by atoms with Gasteiger partial charge in [0.25, 0.3) is 0 Å². The van der Waals surface area contributed by atoms with Crippen LogP contribution < -0.4 is 0 Å². The van der Waals surface area contributed by atoms with E-state index in [4.69, 9.17) is 21.1 Å². The number of methoxy groups -OCH3 is 1. The molecule has 96 valence electrons. The van der Waals surface area contributed by atoms with E-state index < -0.39 is 0 Å². The van der Waals surface area contributed by atoms with Crippen molar-refractivity contribution in [1.82, 2.24) is 4.98 Å². The third-order valence-electron chi connectivity index (χ3n) is 2.42. The van der Waals surface area contributed by atoms with Crippen molar-refractivity contribution in [3.8, 4) is 0 Å². The number of rotatable bonds is 4. The van der Waals surface area contributed by atoms with Crippen LogP contribution in [0, 0.1) is 0 Å². The van der Waals surface area contributed by atoms with Crippen molar-refractivity contribution in [2.45, 2.75) is 13.5 Å². The average Bonchev–Trinajstić information content (AvgIpc) is 2.75. The average molecular weight is 286 g/mol. The first-order chi connectivity index (χ1) is 8.69. The lowest BCUT2D eigenvalue weighted by molar-refractivity contribution is 0.0528. The molecule has 0 amide bonds. The molecule has 0 aliphatic carbocycles. The monoisotopic (exact) mass is 285 g/mol. The first kappa shape index (κ1) is 13.3. The van der Waals surface area contributed by atoms with Gasteiger partial charge in [0.2, 0.25) is 0 Å². The van der Waals surface area contributed by atoms with E-state index in [1.165, 1.54) is 17.5 Å². The topological polar surface area (TPSA) is 48.4 Å². The van der Waals surface area contributed by atoms with Crippen LogP contribution in [0.1, 0.15) is 22.8 Å². The lowest BCUT2D eigenvalue weighted by Crippen LogP contribution is -2.05. The molecule has 2 heterocycles. The summed E-state index contributed by atoms with van der Waals surface area (Å²) in [7, 11) is 1.61. The molecule has 6 heteroatoms. The maximum atomic E-state index is 11.8. The minimum absolute atomic E-state index is 0.333. The first-order valence-electron chi connectivity index (χ1n) is 5.39. The molecule has 0 saturated carbocycles. The van der Waals surface area contributed by atoms with Crippen molar-refractivity contribution in [1.29, 1.82) is 0 Å². The number of fused-ring (bicyclic) bond motifs is 1. The fourth-order valence-corrected chi connectivity index (χ4v) is 3.05. The van der Waals surface area contributed by atoms with Crippen LogP contribution in [0.3, 0.4) is 0 Å². The Morgan fingerprint density at radius 1 is 1.56 bits per heavy atom. The van der Waals surface area contributed by atoms with E-state index in [0.29, 0.717) is 23.9 Å². The summed E-state index contributed by atoms with van der Waals surface area (Å²) in [4.78, 5) is 15.8. The zero-order chi connectivity index (χ0) is 13.1. The molecule has 2 rings (SSSR count). The molecule has 0 N–H and O–H groups in total. The van der Waals surface area contributed by atoms with Gasteiger partial charge in [0.1, 0.15) is 5.15 Å². The molecule has 0 bridgehead atoms. The van der Waals surface area contributed by atoms with Gasteiger partial charge in [-0.15, -0.1) is 11.3 Å². The van der Waals surface area contributed by atoms with E-state index in [9.17, 15) is 4.79 Å². The van der Waals surface area contributed by atoms with Gasteiger partial charge in [-0.25, -0.2) is 9.78 Å². The van der Waals surface area contributed by atoms with Gasteiger partial charge in [0.05, 0.1) is 23.5 Å². The standard InChI is InChI=1S/C12H12ClNO3S/c1-3-17-12(15)8-4-14-11(13)9-7(5-16-2)6-18-10(8)9/h4,6H,3,5H2,1-2H3. The van der Waals surface area contributed by atoms with E-state index >= 15 is 0 Å². The quantitative estimate of drug-likeness (QED) is 0.639. The van der Waals surface area contributed by atoms with Gasteiger partial charge in [0.15, 0.2) is 0 Å². The Balaban J connectivity index is 2.57. The number of nitrogens with zero attached hydrogens (tertiary/aromatic N) is 1. The highest BCUT2D eigenvalue weighted by Crippen LogP contribution is 2.34. The highest BCUT2D eigenvalue weighted by atomic mass is 35.5. The van der Waals surface area contributed by atoms with Gasteiger partial charge in [-0.2, -0.15) is 0 Å². The molecule has 0 spiro atoms. The molecule has 0 aromatic carbocycles. The Morgan fingerprint density at radius 3 is 3.00 bits per heavy atom. The summed E-state index contributed by atoms with van der Waals surface area (Å²) >= 11 is 7.52. The largest absolute Gasteiger partial charge is 0.462 e. The maximum Gasteiger partial charge on any atom is 0.341 e. The van der Waals surface area contributed by atoms with E-state index in [2.05, 4.69) is 4.98 Å². The highest BCUT2D eigenvalue weighted by molar-refractivity contribution is 7.17. The van der Waals surface area contributed by atoms with Crippen LogP contribution in [0.4, 0.5) is 0 Å². The van der Waals surface area contributed by atoms with Crippen LogP contribution in [0.2, 0.25) is 5.15 Å². The second kappa shape index (κ2) is 5.65. The normalized spacial score (nSPS) is 10.8. The molecule has 0 radical (unpaired) electrons. The summed E-state index contributed by atoms with van der Waals surface area (Å²) in [6, 6.07) is 0. The smallest absolute Gasteiger partial charge is 0.341 e. The molecule has 4 nitrogen and oxygen atoms in total. The summed E-state index contributed by atoms with van der Waals surface area (Å²) < 4.78 is 10.9. The number of carbonyl (C=O) groups is 1. The number of thiophene rings is 1. The Morgan fingerprint density at radius 2 is 2.33 bits per heavy atom. The second-order valence-electron chi connectivity index (χ2n) is 3.58. The molecular formula is C12H12ClNO3S. The Hall–Kier alpha value is -1.17. The number of esters is 1. The van der Waals surface area contributed by atoms with Crippen molar-refractivity contribution < 1.29 is 14.3 Å². The van der Waals surface area contributed by atoms with Crippen LogP contribution in [-0.2, 0) is 16.1 Å². The van der Waals surface area contributed by atoms with Crippen LogP contribution in [0.25, 0.3) is 10.1 Å². The maximum absolute atomic E-state index is 11.8. The zero-order valence-electron chi connectivity index (χ0n) is 10.0. The third kappa shape index (κ3) is 2.34. The van der Waals surface area contributed by atoms with E-state index in [1.54, 1.807) is 14.0 Å². The van der Waals surface area contributed by atoms with Gasteiger partial charge in [-0.3, -0.25) is 0 Å². The molecule has 0 unspecified atom stereocenters. The van der Waals surface area contributed by atoms with Gasteiger partial charge in [-0.05, 0) is 17.9 Å². The van der Waals surface area contributed by atoms with Crippen molar-refractivity contribution in [2.24, 2.45) is 0 Å². The van der Waals surface area contributed by atoms with Gasteiger partial charge >= 0.3 is 5.97 Å². The van der Waals surface area contributed by atoms with Gasteiger partial charge in [-0.1, -0.05) is 11.6 Å². The molecule has 0 aliphatic rings. The van der Waals surface area contributed by atoms with Crippen molar-refractivity contribution in [3.63, 3.8) is 0 Å². The highest BCUT2D eigenvalue weighted by Gasteiger charge is 2.18. The summed E-state index contributed by atoms with van der Waals surface area (Å²) in [5, 5.41) is 3.07. The number of ether oxygens (including phenoxy) is 2. The van der Waals surface area contributed by atoms with E-state index in [0.717, 1.165) is 15.6 Å². The van der Waals surface area contributed by atoms with Crippen LogP contribution >= 0.6 is 22.9 Å². The first-order valence-corrected chi connectivity index (χ1v) is 6.65. The number of hydrogen-bond acceptors (Lipinski definition) is 5. The number of aromatic nitrogens is 1. The Kier molecular flexibility index (Phi) is 4.16. The lowest BCUT2D eigenvalue weighted by atomic mass is 10.2. The molecule has 2 aromatic rings. The predicted molar refractivity (Wildman–Crippen MR) is 71.3 cm³/mol. The number of carbonyl (C=O) groups excluding carboxylic acids is 1. The Labute approximate surface area is 113 Å². The lowest BCUT2D eigenvalue weighted by Gasteiger charge is -2.04. The van der Waals surface area contributed by atoms with Crippen LogP contribution in [-0.4, -0.2) is 24.7 Å². The molecule has 0 aliphatic heterocycles. The van der Waals surface area contributed by atoms with E-state index in [-0.39, 0.29) is 5.97 Å². The summed E-state index contributed by atoms with van der Waals surface area (Å²) in [6.45, 7) is 2.54. The number of pyridine rings is 1. The summed E-state index contributed by atoms with van der Waals surface area (Å²) in [5.74, 6) is -0.377. The fraction of sp³-hybridized carbons (Fsp3) is 0.333. The molecule has 18 heavy (non-hydrogen) atoms. The van der Waals surface area contributed by atoms with Crippen LogP contribution in [0.15, 0.2) is 11.6 Å². The predicted octanol–water partition coefficient (Wildman–Crippen LogP) is 3.27. The van der Waals surface area contributed by atoms with E-state index in [1.807, 2.05) is 5.38 Å². The van der Waals surface area contributed by atoms with Crippen molar-refractivity contribution >= 4 is 39.0 Å². The van der Waals surface area contributed by atoms with Crippen molar-refractivity contribution in [3.05, 3.63) is 27.9 Å². The molecule has 2 aromatic heterocycles.